The number of amides is 1. The fourth-order valence-electron chi connectivity index (χ4n) is 1.12. The van der Waals surface area contributed by atoms with Gasteiger partial charge in [-0.15, -0.1) is 0 Å². The van der Waals surface area contributed by atoms with E-state index in [0.717, 1.165) is 0 Å². The van der Waals surface area contributed by atoms with Gasteiger partial charge in [0.15, 0.2) is 0 Å². The molecule has 0 rings (SSSR count). The minimum absolute atomic E-state index is 0.317. The summed E-state index contributed by atoms with van der Waals surface area (Å²) >= 11 is 3.70. The van der Waals surface area contributed by atoms with Crippen molar-refractivity contribution in [1.29, 1.82) is 0 Å². The Morgan fingerprint density at radius 2 is 2.13 bits per heavy atom. The highest BCUT2D eigenvalue weighted by Gasteiger charge is 2.19. The molecule has 0 radical (unpaired) electrons. The van der Waals surface area contributed by atoms with Gasteiger partial charge in [-0.1, -0.05) is 26.7 Å². The molecular weight excluding hydrogens is 216 g/mol. The van der Waals surface area contributed by atoms with E-state index in [0.29, 0.717) is 18.6 Å². The zero-order valence-electron chi connectivity index (χ0n) is 8.93. The molecule has 0 aromatic rings. The number of aliphatic hydroxyl groups excluding tert-OH is 1. The Labute approximate surface area is 95.2 Å². The van der Waals surface area contributed by atoms with Crippen LogP contribution in [-0.2, 0) is 9.59 Å². The molecule has 0 aromatic heterocycles. The second-order valence-electron chi connectivity index (χ2n) is 3.74. The highest BCUT2D eigenvalue weighted by atomic mass is 32.1. The fraction of sp³-hybridized carbons (Fsp3) is 0.778. The van der Waals surface area contributed by atoms with Gasteiger partial charge in [-0.3, -0.25) is 9.52 Å². The molecule has 0 aliphatic rings. The van der Waals surface area contributed by atoms with Crippen molar-refractivity contribution in [3.8, 4) is 0 Å². The molecule has 5 nitrogen and oxygen atoms in total. The number of hydrogen-bond donors (Lipinski definition) is 4. The highest BCUT2D eigenvalue weighted by molar-refractivity contribution is 7.78. The first-order chi connectivity index (χ1) is 7.04. The van der Waals surface area contributed by atoms with Crippen LogP contribution in [0.5, 0.6) is 0 Å². The van der Waals surface area contributed by atoms with Gasteiger partial charge in [-0.05, 0) is 12.3 Å². The predicted octanol–water partition coefficient (Wildman–Crippen LogP) is -0.488. The molecule has 0 saturated carbocycles. The number of aliphatic hydroxyl groups is 1. The monoisotopic (exact) mass is 234 g/mol. The van der Waals surface area contributed by atoms with Crippen LogP contribution >= 0.6 is 12.8 Å². The minimum Gasteiger partial charge on any atom is -0.394 e. The van der Waals surface area contributed by atoms with Gasteiger partial charge in [0.2, 0.25) is 5.91 Å². The van der Waals surface area contributed by atoms with Crippen LogP contribution in [0.2, 0.25) is 0 Å². The SMILES string of the molecule is CC(C)C[C@@H](C=O)NC(=O)[C@H](CO)NS. The van der Waals surface area contributed by atoms with Gasteiger partial charge in [0.05, 0.1) is 12.6 Å². The Kier molecular flexibility index (Phi) is 7.37. The van der Waals surface area contributed by atoms with Crippen LogP contribution in [0.25, 0.3) is 0 Å². The number of carbonyl (C=O) groups is 2. The maximum Gasteiger partial charge on any atom is 0.240 e. The summed E-state index contributed by atoms with van der Waals surface area (Å²) in [5.74, 6) is -0.109. The summed E-state index contributed by atoms with van der Waals surface area (Å²) in [6, 6.07) is -1.30. The number of hydrogen-bond acceptors (Lipinski definition) is 5. The van der Waals surface area contributed by atoms with E-state index in [2.05, 4.69) is 22.9 Å². The van der Waals surface area contributed by atoms with Crippen molar-refractivity contribution < 1.29 is 14.7 Å². The standard InChI is InChI=1S/C9H18N2O3S/c1-6(2)3-7(4-12)10-9(14)8(5-13)11-15/h4,6-8,11,13,15H,3,5H2,1-2H3,(H,10,14)/t7-,8-/m0/s1. The first-order valence-electron chi connectivity index (χ1n) is 4.81. The summed E-state index contributed by atoms with van der Waals surface area (Å²) in [6.07, 6.45) is 1.28. The Balaban J connectivity index is 4.16. The lowest BCUT2D eigenvalue weighted by molar-refractivity contribution is -0.126. The van der Waals surface area contributed by atoms with Crippen LogP contribution in [-0.4, -0.2) is 36.0 Å². The Morgan fingerprint density at radius 1 is 1.53 bits per heavy atom. The Bertz CT molecular complexity index is 208. The summed E-state index contributed by atoms with van der Waals surface area (Å²) < 4.78 is 2.35. The van der Waals surface area contributed by atoms with Crippen LogP contribution in [0.1, 0.15) is 20.3 Å². The van der Waals surface area contributed by atoms with Crippen molar-refractivity contribution >= 4 is 25.0 Å². The largest absolute Gasteiger partial charge is 0.394 e. The summed E-state index contributed by atoms with van der Waals surface area (Å²) in [4.78, 5) is 22.1. The van der Waals surface area contributed by atoms with Crippen molar-refractivity contribution in [2.45, 2.75) is 32.4 Å². The molecule has 0 unspecified atom stereocenters. The van der Waals surface area contributed by atoms with Gasteiger partial charge >= 0.3 is 0 Å². The molecule has 0 aliphatic heterocycles. The zero-order valence-corrected chi connectivity index (χ0v) is 9.83. The van der Waals surface area contributed by atoms with E-state index in [1.165, 1.54) is 0 Å². The lowest BCUT2D eigenvalue weighted by atomic mass is 10.0. The average molecular weight is 234 g/mol. The number of aldehydes is 1. The molecule has 0 aromatic carbocycles. The van der Waals surface area contributed by atoms with Crippen LogP contribution < -0.4 is 10.0 Å². The van der Waals surface area contributed by atoms with Gasteiger partial charge < -0.3 is 15.2 Å². The molecule has 2 atom stereocenters. The molecule has 3 N–H and O–H groups in total. The highest BCUT2D eigenvalue weighted by Crippen LogP contribution is 2.03. The molecule has 15 heavy (non-hydrogen) atoms. The first kappa shape index (κ1) is 14.4. The van der Waals surface area contributed by atoms with Crippen molar-refractivity contribution in [2.24, 2.45) is 5.92 Å². The third-order valence-electron chi connectivity index (χ3n) is 1.87. The molecule has 6 heteroatoms. The lowest BCUT2D eigenvalue weighted by Crippen LogP contribution is -2.48. The normalized spacial score (nSPS) is 14.7. The molecular formula is C9H18N2O3S. The van der Waals surface area contributed by atoms with Crippen LogP contribution in [0.3, 0.4) is 0 Å². The topological polar surface area (TPSA) is 78.4 Å². The fourth-order valence-corrected chi connectivity index (χ4v) is 1.32. The van der Waals surface area contributed by atoms with Crippen LogP contribution in [0.15, 0.2) is 0 Å². The smallest absolute Gasteiger partial charge is 0.240 e. The van der Waals surface area contributed by atoms with E-state index in [4.69, 9.17) is 5.11 Å². The van der Waals surface area contributed by atoms with E-state index in [1.54, 1.807) is 0 Å². The minimum atomic E-state index is -0.789. The van der Waals surface area contributed by atoms with Gasteiger partial charge in [0, 0.05) is 0 Å². The second kappa shape index (κ2) is 7.67. The molecule has 0 fully saturated rings. The zero-order chi connectivity index (χ0) is 11.8. The molecule has 0 aliphatic carbocycles. The number of rotatable bonds is 7. The number of nitrogens with one attached hydrogen (secondary N) is 2. The predicted molar refractivity (Wildman–Crippen MR) is 60.4 cm³/mol. The number of thiol groups is 1. The van der Waals surface area contributed by atoms with Gasteiger partial charge in [0.25, 0.3) is 0 Å². The maximum atomic E-state index is 11.4. The quantitative estimate of drug-likeness (QED) is 0.354. The molecule has 1 amide bonds. The van der Waals surface area contributed by atoms with Gasteiger partial charge in [0.1, 0.15) is 12.3 Å². The third kappa shape index (κ3) is 5.76. The van der Waals surface area contributed by atoms with E-state index in [1.807, 2.05) is 13.8 Å². The Hall–Kier alpha value is -0.590. The third-order valence-corrected chi connectivity index (χ3v) is 2.18. The van der Waals surface area contributed by atoms with E-state index in [-0.39, 0.29) is 6.61 Å². The molecule has 0 bridgehead atoms. The van der Waals surface area contributed by atoms with E-state index < -0.39 is 18.0 Å². The summed E-state index contributed by atoms with van der Waals surface area (Å²) in [6.45, 7) is 3.56. The van der Waals surface area contributed by atoms with Gasteiger partial charge in [-0.25, -0.2) is 0 Å². The van der Waals surface area contributed by atoms with Gasteiger partial charge in [-0.2, -0.15) is 0 Å². The second-order valence-corrected chi connectivity index (χ2v) is 4.00. The molecule has 88 valence electrons. The van der Waals surface area contributed by atoms with Crippen molar-refractivity contribution in [1.82, 2.24) is 10.0 Å². The Morgan fingerprint density at radius 3 is 2.47 bits per heavy atom. The lowest BCUT2D eigenvalue weighted by Gasteiger charge is -2.18. The van der Waals surface area contributed by atoms with Crippen LogP contribution in [0, 0.1) is 5.92 Å². The maximum absolute atomic E-state index is 11.4. The van der Waals surface area contributed by atoms with Crippen molar-refractivity contribution in [2.75, 3.05) is 6.61 Å². The summed E-state index contributed by atoms with van der Waals surface area (Å²) in [5, 5.41) is 11.3. The van der Waals surface area contributed by atoms with Crippen LogP contribution in [0.4, 0.5) is 0 Å². The number of carbonyl (C=O) groups excluding carboxylic acids is 2. The van der Waals surface area contributed by atoms with Crippen molar-refractivity contribution in [3.63, 3.8) is 0 Å². The molecule has 0 saturated heterocycles. The first-order valence-corrected chi connectivity index (χ1v) is 5.26. The average Bonchev–Trinajstić information content (AvgIpc) is 2.17. The summed E-state index contributed by atoms with van der Waals surface area (Å²) in [7, 11) is 0. The van der Waals surface area contributed by atoms with Crippen molar-refractivity contribution in [3.05, 3.63) is 0 Å². The van der Waals surface area contributed by atoms with E-state index >= 15 is 0 Å². The summed E-state index contributed by atoms with van der Waals surface area (Å²) in [5.41, 5.74) is 0. The van der Waals surface area contributed by atoms with E-state index in [9.17, 15) is 9.59 Å². The molecule has 0 heterocycles. The molecule has 0 spiro atoms.